The average molecular weight is 428 g/mol. The lowest BCUT2D eigenvalue weighted by Gasteiger charge is -2.39. The van der Waals surface area contributed by atoms with Crippen molar-refractivity contribution in [3.8, 4) is 5.75 Å². The second-order valence-electron chi connectivity index (χ2n) is 7.89. The van der Waals surface area contributed by atoms with E-state index < -0.39 is 0 Å². The zero-order valence-corrected chi connectivity index (χ0v) is 18.2. The van der Waals surface area contributed by atoms with E-state index in [1.54, 1.807) is 11.3 Å². The van der Waals surface area contributed by atoms with Gasteiger partial charge in [0.2, 0.25) is 5.91 Å². The molecule has 1 saturated heterocycles. The Labute approximate surface area is 181 Å². The Kier molecular flexibility index (Phi) is 6.57. The van der Waals surface area contributed by atoms with E-state index in [0.29, 0.717) is 39.0 Å². The summed E-state index contributed by atoms with van der Waals surface area (Å²) in [5.41, 5.74) is 0.834. The molecule has 30 heavy (non-hydrogen) atoms. The van der Waals surface area contributed by atoms with Gasteiger partial charge in [0, 0.05) is 30.4 Å². The second-order valence-corrected chi connectivity index (χ2v) is 8.92. The van der Waals surface area contributed by atoms with Crippen molar-refractivity contribution in [2.45, 2.75) is 38.7 Å². The van der Waals surface area contributed by atoms with Crippen molar-refractivity contribution in [2.24, 2.45) is 5.92 Å². The molecule has 2 aliphatic heterocycles. The van der Waals surface area contributed by atoms with Crippen LogP contribution in [0.2, 0.25) is 0 Å². The molecule has 1 aromatic carbocycles. The predicted molar refractivity (Wildman–Crippen MR) is 119 cm³/mol. The van der Waals surface area contributed by atoms with Gasteiger partial charge in [0.1, 0.15) is 11.9 Å². The lowest BCUT2D eigenvalue weighted by atomic mass is 9.96. The van der Waals surface area contributed by atoms with E-state index in [-0.39, 0.29) is 24.0 Å². The molecule has 1 N–H and O–H groups in total. The molecule has 2 aromatic rings. The minimum absolute atomic E-state index is 0.00973. The van der Waals surface area contributed by atoms with Crippen LogP contribution in [0.4, 0.5) is 10.5 Å². The Hall–Kier alpha value is -2.54. The van der Waals surface area contributed by atoms with Gasteiger partial charge >= 0.3 is 6.03 Å². The topological polar surface area (TPSA) is 61.9 Å². The summed E-state index contributed by atoms with van der Waals surface area (Å²) >= 11 is 1.72. The zero-order chi connectivity index (χ0) is 20.9. The molecule has 160 valence electrons. The maximum Gasteiger partial charge on any atom is 0.324 e. The molecule has 0 aliphatic carbocycles. The number of piperidine rings is 1. The number of rotatable bonds is 5. The second kappa shape index (κ2) is 9.51. The number of likely N-dealkylation sites (tertiary alicyclic amines) is 1. The highest BCUT2D eigenvalue weighted by molar-refractivity contribution is 7.09. The summed E-state index contributed by atoms with van der Waals surface area (Å²) in [6.45, 7) is 4.52. The summed E-state index contributed by atoms with van der Waals surface area (Å²) in [5, 5.41) is 5.12. The van der Waals surface area contributed by atoms with Crippen LogP contribution in [0, 0.1) is 5.92 Å². The van der Waals surface area contributed by atoms with E-state index in [1.807, 2.05) is 40.1 Å². The van der Waals surface area contributed by atoms with Crippen molar-refractivity contribution in [3.63, 3.8) is 0 Å². The zero-order valence-electron chi connectivity index (χ0n) is 17.4. The van der Waals surface area contributed by atoms with Crippen LogP contribution in [0.25, 0.3) is 0 Å². The summed E-state index contributed by atoms with van der Waals surface area (Å²) in [4.78, 5) is 30.8. The number of carbonyl (C=O) groups excluding carboxylic acids is 2. The largest absolute Gasteiger partial charge is 0.486 e. The lowest BCUT2D eigenvalue weighted by molar-refractivity contribution is -0.126. The number of anilines is 1. The Morgan fingerprint density at radius 1 is 1.17 bits per heavy atom. The van der Waals surface area contributed by atoms with Crippen LogP contribution in [-0.4, -0.2) is 49.1 Å². The van der Waals surface area contributed by atoms with Crippen molar-refractivity contribution >= 4 is 29.0 Å². The number of para-hydroxylation sites is 2. The Balaban J connectivity index is 1.30. The van der Waals surface area contributed by atoms with Crippen molar-refractivity contribution in [3.05, 3.63) is 46.7 Å². The van der Waals surface area contributed by atoms with Crippen LogP contribution in [0.5, 0.6) is 5.75 Å². The minimum atomic E-state index is -0.0160. The van der Waals surface area contributed by atoms with Gasteiger partial charge < -0.3 is 15.0 Å². The van der Waals surface area contributed by atoms with Gasteiger partial charge in [-0.15, -0.1) is 11.3 Å². The molecule has 1 aromatic heterocycles. The summed E-state index contributed by atoms with van der Waals surface area (Å²) < 4.78 is 6.00. The Morgan fingerprint density at radius 2 is 1.97 bits per heavy atom. The van der Waals surface area contributed by atoms with E-state index >= 15 is 0 Å². The van der Waals surface area contributed by atoms with E-state index in [2.05, 4.69) is 23.7 Å². The molecule has 0 radical (unpaired) electrons. The highest BCUT2D eigenvalue weighted by Gasteiger charge is 2.34. The number of nitrogens with zero attached hydrogens (tertiary/aromatic N) is 2. The van der Waals surface area contributed by atoms with E-state index in [1.165, 1.54) is 4.88 Å². The van der Waals surface area contributed by atoms with Crippen molar-refractivity contribution < 1.29 is 14.3 Å². The molecule has 2 aliphatic rings. The summed E-state index contributed by atoms with van der Waals surface area (Å²) in [5.74, 6) is 0.864. The van der Waals surface area contributed by atoms with E-state index in [0.717, 1.165) is 24.3 Å². The van der Waals surface area contributed by atoms with Crippen LogP contribution < -0.4 is 15.0 Å². The third-order valence-corrected chi connectivity index (χ3v) is 6.85. The van der Waals surface area contributed by atoms with Crippen molar-refractivity contribution in [2.75, 3.05) is 31.1 Å². The first-order chi connectivity index (χ1) is 14.7. The SMILES string of the molecule is CC[C@H]1CN(C(=O)N2CCC(C(=O)NCCc3cccs3)CC2)c2ccccc2O1. The molecule has 0 spiro atoms. The molecule has 1 fully saturated rings. The van der Waals surface area contributed by atoms with Gasteiger partial charge in [-0.1, -0.05) is 25.1 Å². The molecule has 3 heterocycles. The molecule has 0 bridgehead atoms. The highest BCUT2D eigenvalue weighted by atomic mass is 32.1. The monoisotopic (exact) mass is 427 g/mol. The maximum absolute atomic E-state index is 13.3. The third kappa shape index (κ3) is 4.61. The molecular formula is C23H29N3O3S. The number of ether oxygens (including phenoxy) is 1. The number of nitrogens with one attached hydrogen (secondary N) is 1. The summed E-state index contributed by atoms with van der Waals surface area (Å²) in [7, 11) is 0. The summed E-state index contributed by atoms with van der Waals surface area (Å²) in [6.07, 6.45) is 3.15. The molecule has 3 amide bonds. The Bertz CT molecular complexity index is 862. The molecule has 6 nitrogen and oxygen atoms in total. The van der Waals surface area contributed by atoms with Gasteiger partial charge in [-0.3, -0.25) is 9.69 Å². The van der Waals surface area contributed by atoms with E-state index in [4.69, 9.17) is 4.74 Å². The average Bonchev–Trinajstić information content (AvgIpc) is 3.31. The Morgan fingerprint density at radius 3 is 2.70 bits per heavy atom. The molecule has 0 saturated carbocycles. The van der Waals surface area contributed by atoms with Gasteiger partial charge in [-0.05, 0) is 49.3 Å². The first kappa shape index (κ1) is 20.7. The quantitative estimate of drug-likeness (QED) is 0.787. The van der Waals surface area contributed by atoms with Crippen LogP contribution in [-0.2, 0) is 11.2 Å². The van der Waals surface area contributed by atoms with Crippen molar-refractivity contribution in [1.82, 2.24) is 10.2 Å². The minimum Gasteiger partial charge on any atom is -0.486 e. The number of fused-ring (bicyclic) bond motifs is 1. The lowest BCUT2D eigenvalue weighted by Crippen LogP contribution is -2.52. The van der Waals surface area contributed by atoms with Gasteiger partial charge in [0.25, 0.3) is 0 Å². The van der Waals surface area contributed by atoms with Crippen LogP contribution >= 0.6 is 11.3 Å². The van der Waals surface area contributed by atoms with Crippen molar-refractivity contribution in [1.29, 1.82) is 0 Å². The fraction of sp³-hybridized carbons (Fsp3) is 0.478. The third-order valence-electron chi connectivity index (χ3n) is 5.91. The number of carbonyl (C=O) groups is 2. The van der Waals surface area contributed by atoms with Gasteiger partial charge in [-0.25, -0.2) is 4.79 Å². The standard InChI is InChI=1S/C23H29N3O3S/c1-2-18-16-26(20-7-3-4-8-21(20)29-18)23(28)25-13-10-17(11-14-25)22(27)24-12-9-19-6-5-15-30-19/h3-8,15,17-18H,2,9-14,16H2,1H3,(H,24,27)/t18-/m0/s1. The number of urea groups is 1. The predicted octanol–water partition coefficient (Wildman–Crippen LogP) is 3.92. The highest BCUT2D eigenvalue weighted by Crippen LogP contribution is 2.35. The molecule has 4 rings (SSSR count). The molecule has 0 unspecified atom stereocenters. The number of hydrogen-bond acceptors (Lipinski definition) is 4. The van der Waals surface area contributed by atoms with Gasteiger partial charge in [0.15, 0.2) is 0 Å². The molecule has 7 heteroatoms. The van der Waals surface area contributed by atoms with Crippen LogP contribution in [0.3, 0.4) is 0 Å². The van der Waals surface area contributed by atoms with Crippen LogP contribution in [0.15, 0.2) is 41.8 Å². The first-order valence-electron chi connectivity index (χ1n) is 10.8. The molecule has 1 atom stereocenters. The maximum atomic E-state index is 13.3. The first-order valence-corrected chi connectivity index (χ1v) is 11.7. The summed E-state index contributed by atoms with van der Waals surface area (Å²) in [6, 6.07) is 11.9. The fourth-order valence-corrected chi connectivity index (χ4v) is 4.81. The normalized spacial score (nSPS) is 19.2. The van der Waals surface area contributed by atoms with E-state index in [9.17, 15) is 9.59 Å². The van der Waals surface area contributed by atoms with Gasteiger partial charge in [-0.2, -0.15) is 0 Å². The smallest absolute Gasteiger partial charge is 0.324 e. The van der Waals surface area contributed by atoms with Crippen LogP contribution in [0.1, 0.15) is 31.1 Å². The number of hydrogen-bond donors (Lipinski definition) is 1. The number of amides is 3. The number of thiophene rings is 1. The molecular weight excluding hydrogens is 398 g/mol. The number of benzene rings is 1. The fourth-order valence-electron chi connectivity index (χ4n) is 4.10. The van der Waals surface area contributed by atoms with Gasteiger partial charge in [0.05, 0.1) is 12.2 Å².